The molecule has 0 aliphatic carbocycles. The van der Waals surface area contributed by atoms with Crippen LogP contribution in [0.3, 0.4) is 0 Å². The molecule has 0 spiro atoms. The molecule has 1 aromatic heterocycles. The van der Waals surface area contributed by atoms with Crippen molar-refractivity contribution < 1.29 is 23.5 Å². The number of carbonyl (C=O) groups excluding carboxylic acids is 2. The number of rotatable bonds is 5. The van der Waals surface area contributed by atoms with Gasteiger partial charge in [-0.3, -0.25) is 24.1 Å². The van der Waals surface area contributed by atoms with E-state index in [-0.39, 0.29) is 35.8 Å². The zero-order chi connectivity index (χ0) is 23.2. The van der Waals surface area contributed by atoms with Gasteiger partial charge in [-0.15, -0.1) is 0 Å². The molecule has 3 heterocycles. The Hall–Kier alpha value is -3.23. The standard InChI is InChI=1S/C23H25F2N3O4/c1-3-26-19-9-4-13(2)11-27(19)28-12-16(21(30)22(31)20(28)23(26)32)18(29)8-6-14-5-7-15(24)10-17(14)25/h5,7,10,12-13,19,31H,3-4,6,8-9,11H2,1-2H3/t13-,19+/m1/s1. The maximum atomic E-state index is 13.9. The monoisotopic (exact) mass is 445 g/mol. The second kappa shape index (κ2) is 8.37. The van der Waals surface area contributed by atoms with Crippen LogP contribution in [0.1, 0.15) is 59.5 Å². The molecule has 2 atom stereocenters. The first-order valence-corrected chi connectivity index (χ1v) is 10.8. The van der Waals surface area contributed by atoms with Crippen molar-refractivity contribution in [3.05, 3.63) is 63.1 Å². The summed E-state index contributed by atoms with van der Waals surface area (Å²) >= 11 is 0. The number of aromatic hydroxyl groups is 1. The molecule has 2 aliphatic rings. The maximum absolute atomic E-state index is 13.9. The molecule has 0 saturated carbocycles. The molecule has 9 heteroatoms. The van der Waals surface area contributed by atoms with Crippen LogP contribution < -0.4 is 10.4 Å². The fourth-order valence-electron chi connectivity index (χ4n) is 4.59. The third-order valence-corrected chi connectivity index (χ3v) is 6.30. The molecule has 170 valence electrons. The Bertz CT molecular complexity index is 1150. The molecule has 1 saturated heterocycles. The summed E-state index contributed by atoms with van der Waals surface area (Å²) in [7, 11) is 0. The molecule has 1 aromatic carbocycles. The van der Waals surface area contributed by atoms with E-state index in [1.165, 1.54) is 16.9 Å². The van der Waals surface area contributed by atoms with Gasteiger partial charge in [0.25, 0.3) is 5.91 Å². The number of halogens is 2. The van der Waals surface area contributed by atoms with Crippen molar-refractivity contribution in [3.63, 3.8) is 0 Å². The highest BCUT2D eigenvalue weighted by molar-refractivity contribution is 6.00. The highest BCUT2D eigenvalue weighted by Crippen LogP contribution is 2.31. The molecule has 0 bridgehead atoms. The summed E-state index contributed by atoms with van der Waals surface area (Å²) in [4.78, 5) is 40.3. The topological polar surface area (TPSA) is 82.9 Å². The molecule has 2 aliphatic heterocycles. The third-order valence-electron chi connectivity index (χ3n) is 6.30. The van der Waals surface area contributed by atoms with Crippen LogP contribution in [0.2, 0.25) is 0 Å². The second-order valence-corrected chi connectivity index (χ2v) is 8.45. The van der Waals surface area contributed by atoms with E-state index in [9.17, 15) is 28.3 Å². The number of fused-ring (bicyclic) bond motifs is 3. The number of ketones is 1. The quantitative estimate of drug-likeness (QED) is 0.716. The van der Waals surface area contributed by atoms with Crippen LogP contribution in [-0.4, -0.2) is 45.6 Å². The fourth-order valence-corrected chi connectivity index (χ4v) is 4.59. The van der Waals surface area contributed by atoms with Gasteiger partial charge in [-0.1, -0.05) is 13.0 Å². The minimum absolute atomic E-state index is 0.0290. The van der Waals surface area contributed by atoms with Crippen molar-refractivity contribution in [1.82, 2.24) is 9.58 Å². The summed E-state index contributed by atoms with van der Waals surface area (Å²) in [5.74, 6) is -2.96. The minimum Gasteiger partial charge on any atom is -0.502 e. The zero-order valence-electron chi connectivity index (χ0n) is 18.0. The number of hydrogen-bond acceptors (Lipinski definition) is 5. The lowest BCUT2D eigenvalue weighted by Gasteiger charge is -2.50. The average Bonchev–Trinajstić information content (AvgIpc) is 2.75. The zero-order valence-corrected chi connectivity index (χ0v) is 18.0. The Labute approximate surface area is 183 Å². The van der Waals surface area contributed by atoms with Gasteiger partial charge in [0.05, 0.1) is 5.56 Å². The molecule has 0 radical (unpaired) electrons. The summed E-state index contributed by atoms with van der Waals surface area (Å²) < 4.78 is 28.4. The van der Waals surface area contributed by atoms with Crippen molar-refractivity contribution in [2.24, 2.45) is 5.92 Å². The number of pyridine rings is 1. The van der Waals surface area contributed by atoms with Gasteiger partial charge in [-0.2, -0.15) is 0 Å². The number of aromatic nitrogens is 1. The predicted octanol–water partition coefficient (Wildman–Crippen LogP) is 2.82. The first-order chi connectivity index (χ1) is 15.2. The number of Topliss-reactive ketones (excluding diaryl/α,β-unsaturated/α-hetero) is 1. The number of benzene rings is 1. The van der Waals surface area contributed by atoms with Crippen LogP contribution in [-0.2, 0) is 6.42 Å². The first kappa shape index (κ1) is 22.0. The van der Waals surface area contributed by atoms with Gasteiger partial charge in [-0.05, 0) is 43.7 Å². The Balaban J connectivity index is 1.70. The molecule has 2 aromatic rings. The number of hydrogen-bond donors (Lipinski definition) is 1. The number of carbonyl (C=O) groups is 2. The van der Waals surface area contributed by atoms with E-state index in [0.717, 1.165) is 25.0 Å². The lowest BCUT2D eigenvalue weighted by Crippen LogP contribution is -2.64. The van der Waals surface area contributed by atoms with E-state index in [4.69, 9.17) is 0 Å². The van der Waals surface area contributed by atoms with E-state index in [2.05, 4.69) is 6.92 Å². The normalized spacial score (nSPS) is 20.2. The van der Waals surface area contributed by atoms with Gasteiger partial charge in [0, 0.05) is 31.8 Å². The van der Waals surface area contributed by atoms with E-state index in [1.807, 2.05) is 11.9 Å². The van der Waals surface area contributed by atoms with E-state index >= 15 is 0 Å². The number of aryl methyl sites for hydroxylation is 1. The van der Waals surface area contributed by atoms with Gasteiger partial charge in [0.2, 0.25) is 5.43 Å². The molecule has 1 N–H and O–H groups in total. The van der Waals surface area contributed by atoms with Gasteiger partial charge in [-0.25, -0.2) is 8.78 Å². The maximum Gasteiger partial charge on any atom is 0.278 e. The Morgan fingerprint density at radius 2 is 1.97 bits per heavy atom. The molecule has 7 nitrogen and oxygen atoms in total. The minimum atomic E-state index is -0.922. The molecular formula is C23H25F2N3O4. The molecule has 1 amide bonds. The lowest BCUT2D eigenvalue weighted by molar-refractivity contribution is 0.0507. The molecule has 32 heavy (non-hydrogen) atoms. The van der Waals surface area contributed by atoms with Gasteiger partial charge >= 0.3 is 0 Å². The number of nitrogens with zero attached hydrogens (tertiary/aromatic N) is 3. The highest BCUT2D eigenvalue weighted by atomic mass is 19.1. The van der Waals surface area contributed by atoms with E-state index in [0.29, 0.717) is 19.0 Å². The van der Waals surface area contributed by atoms with Gasteiger partial charge in [0.1, 0.15) is 17.8 Å². The summed E-state index contributed by atoms with van der Waals surface area (Å²) in [5.41, 5.74) is -1.18. The third kappa shape index (κ3) is 3.65. The smallest absolute Gasteiger partial charge is 0.278 e. The summed E-state index contributed by atoms with van der Waals surface area (Å²) in [6.07, 6.45) is 2.53. The van der Waals surface area contributed by atoms with Crippen molar-refractivity contribution in [2.75, 3.05) is 18.1 Å². The molecular weight excluding hydrogens is 420 g/mol. The Morgan fingerprint density at radius 1 is 1.22 bits per heavy atom. The van der Waals surface area contributed by atoms with Crippen LogP contribution >= 0.6 is 0 Å². The Morgan fingerprint density at radius 3 is 2.66 bits per heavy atom. The summed E-state index contributed by atoms with van der Waals surface area (Å²) in [6, 6.07) is 3.10. The average molecular weight is 445 g/mol. The fraction of sp³-hybridized carbons (Fsp3) is 0.435. The first-order valence-electron chi connectivity index (χ1n) is 10.8. The van der Waals surface area contributed by atoms with Crippen molar-refractivity contribution in [1.29, 1.82) is 0 Å². The van der Waals surface area contributed by atoms with Crippen molar-refractivity contribution >= 4 is 11.7 Å². The van der Waals surface area contributed by atoms with Crippen molar-refractivity contribution in [3.8, 4) is 5.75 Å². The van der Waals surface area contributed by atoms with Crippen LogP contribution in [0.15, 0.2) is 29.2 Å². The molecule has 4 rings (SSSR count). The Kier molecular flexibility index (Phi) is 5.75. The summed E-state index contributed by atoms with van der Waals surface area (Å²) in [6.45, 7) is 4.93. The van der Waals surface area contributed by atoms with Crippen LogP contribution in [0, 0.1) is 17.6 Å². The van der Waals surface area contributed by atoms with Gasteiger partial charge < -0.3 is 10.0 Å². The molecule has 1 fully saturated rings. The van der Waals surface area contributed by atoms with Crippen LogP contribution in [0.25, 0.3) is 0 Å². The largest absolute Gasteiger partial charge is 0.502 e. The van der Waals surface area contributed by atoms with Crippen LogP contribution in [0.5, 0.6) is 5.75 Å². The second-order valence-electron chi connectivity index (χ2n) is 8.45. The van der Waals surface area contributed by atoms with Gasteiger partial charge in [0.15, 0.2) is 17.2 Å². The highest BCUT2D eigenvalue weighted by Gasteiger charge is 2.42. The SMILES string of the molecule is CCN1C(=O)c2c(O)c(=O)c(C(=O)CCc3ccc(F)cc3F)cn2N2C[C@H](C)CC[C@@H]12. The van der Waals surface area contributed by atoms with E-state index < -0.39 is 34.5 Å². The lowest BCUT2D eigenvalue weighted by atomic mass is 9.97. The number of piperidine rings is 1. The molecule has 0 unspecified atom stereocenters. The van der Waals surface area contributed by atoms with E-state index in [1.54, 1.807) is 4.90 Å². The summed E-state index contributed by atoms with van der Waals surface area (Å²) in [5, 5.41) is 12.5. The number of amides is 1. The van der Waals surface area contributed by atoms with Crippen molar-refractivity contribution in [2.45, 2.75) is 45.7 Å². The predicted molar refractivity (Wildman–Crippen MR) is 113 cm³/mol. The van der Waals surface area contributed by atoms with Crippen LogP contribution in [0.4, 0.5) is 8.78 Å².